The van der Waals surface area contributed by atoms with Crippen LogP contribution in [0.15, 0.2) is 370 Å². The molecule has 4 aliphatic heterocycles. The molecular weight excluding hydrogens is 1190 g/mol. The molecule has 98 heavy (non-hydrogen) atoms. The normalized spacial score (nSPS) is 12.7. The number of hydrogen-bond donors (Lipinski definition) is 0. The third-order valence-corrected chi connectivity index (χ3v) is 20.0. The summed E-state index contributed by atoms with van der Waals surface area (Å²) in [6.45, 7) is -0.473. The van der Waals surface area contributed by atoms with Gasteiger partial charge in [-0.3, -0.25) is 0 Å². The number of nitrogens with zero attached hydrogens (tertiary/aromatic N) is 5. The third kappa shape index (κ3) is 9.28. The van der Waals surface area contributed by atoms with Gasteiger partial charge >= 0.3 is 0 Å². The summed E-state index contributed by atoms with van der Waals surface area (Å²) in [4.78, 5) is 12.6. The zero-order chi connectivity index (χ0) is 64.6. The lowest BCUT2D eigenvalue weighted by Gasteiger charge is -2.47. The first kappa shape index (κ1) is 56.7. The van der Waals surface area contributed by atoms with E-state index in [1.165, 1.54) is 21.9 Å². The SMILES string of the molecule is c1ccc(-c2ccccc2N(c2ccccc2)c2cc3c4c(c2)N(c2ccccc2)c2cc5c(cc2B4c2ccccc2O3)B2c3ccccc3N(c3ccccc3)c3cc(N(c4ccccc4)c4ccccc4)cc(c32)N5c2c(-c3ccccc3)cccc2-c2ccccc2)cc1. The van der Waals surface area contributed by atoms with Crippen LogP contribution in [0, 0.1) is 0 Å². The highest BCUT2D eigenvalue weighted by atomic mass is 16.5. The van der Waals surface area contributed by atoms with E-state index in [-0.39, 0.29) is 13.4 Å². The second-order valence-electron chi connectivity index (χ2n) is 25.5. The van der Waals surface area contributed by atoms with Gasteiger partial charge in [0.1, 0.15) is 11.5 Å². The fourth-order valence-electron chi connectivity index (χ4n) is 15.9. The van der Waals surface area contributed by atoms with E-state index in [1.807, 2.05) is 0 Å². The second-order valence-corrected chi connectivity index (χ2v) is 25.5. The fourth-order valence-corrected chi connectivity index (χ4v) is 15.9. The summed E-state index contributed by atoms with van der Waals surface area (Å²) < 4.78 is 7.44. The van der Waals surface area contributed by atoms with Crippen LogP contribution < -0.4 is 62.0 Å². The van der Waals surface area contributed by atoms with Crippen molar-refractivity contribution in [2.24, 2.45) is 0 Å². The molecule has 15 aromatic carbocycles. The summed E-state index contributed by atoms with van der Waals surface area (Å²) in [6.07, 6.45) is 0. The predicted octanol–water partition coefficient (Wildman–Crippen LogP) is 20.1. The summed E-state index contributed by atoms with van der Waals surface area (Å²) in [7, 11) is 0. The molecule has 0 radical (unpaired) electrons. The molecule has 4 heterocycles. The molecule has 0 bridgehead atoms. The van der Waals surface area contributed by atoms with Crippen molar-refractivity contribution < 1.29 is 4.74 Å². The number of rotatable bonds is 12. The van der Waals surface area contributed by atoms with Crippen molar-refractivity contribution in [2.45, 2.75) is 0 Å². The van der Waals surface area contributed by atoms with Crippen molar-refractivity contribution >= 4 is 132 Å². The predicted molar refractivity (Wildman–Crippen MR) is 412 cm³/mol. The van der Waals surface area contributed by atoms with Gasteiger partial charge < -0.3 is 29.2 Å². The van der Waals surface area contributed by atoms with Gasteiger partial charge in [-0.2, -0.15) is 0 Å². The monoisotopic (exact) mass is 1250 g/mol. The van der Waals surface area contributed by atoms with Gasteiger partial charge in [0.05, 0.1) is 22.7 Å². The average Bonchev–Trinajstić information content (AvgIpc) is 0.685. The van der Waals surface area contributed by atoms with E-state index in [4.69, 9.17) is 4.74 Å². The first-order chi connectivity index (χ1) is 48.7. The van der Waals surface area contributed by atoms with Crippen LogP contribution in [-0.4, -0.2) is 13.4 Å². The van der Waals surface area contributed by atoms with E-state index in [0.717, 1.165) is 141 Å². The third-order valence-electron chi connectivity index (χ3n) is 20.0. The highest BCUT2D eigenvalue weighted by Crippen LogP contribution is 2.55. The van der Waals surface area contributed by atoms with E-state index in [0.29, 0.717) is 0 Å². The van der Waals surface area contributed by atoms with E-state index < -0.39 is 0 Å². The number of anilines is 15. The molecule has 458 valence electrons. The van der Waals surface area contributed by atoms with Crippen molar-refractivity contribution in [1.29, 1.82) is 0 Å². The average molecular weight is 1250 g/mol. The number of ether oxygens (including phenoxy) is 1. The lowest BCUT2D eigenvalue weighted by Crippen LogP contribution is -2.64. The van der Waals surface area contributed by atoms with Gasteiger partial charge in [0, 0.05) is 85.3 Å². The molecule has 8 heteroatoms. The van der Waals surface area contributed by atoms with E-state index in [2.05, 4.69) is 395 Å². The molecule has 0 aromatic heterocycles. The highest BCUT2D eigenvalue weighted by molar-refractivity contribution is 7.02. The molecule has 4 aliphatic rings. The molecule has 0 saturated carbocycles. The number of fused-ring (bicyclic) bond motifs is 8. The zero-order valence-electron chi connectivity index (χ0n) is 53.5. The molecule has 0 atom stereocenters. The Balaban J connectivity index is 0.957. The fraction of sp³-hybridized carbons (Fsp3) is 0. The van der Waals surface area contributed by atoms with Crippen molar-refractivity contribution in [3.8, 4) is 44.9 Å². The molecule has 19 rings (SSSR count). The Bertz CT molecular complexity index is 5420. The Hall–Kier alpha value is -12.8. The number of para-hydroxylation sites is 9. The Morgan fingerprint density at radius 3 is 1.20 bits per heavy atom. The van der Waals surface area contributed by atoms with E-state index in [1.54, 1.807) is 0 Å². The Labute approximate surface area is 572 Å². The minimum Gasteiger partial charge on any atom is -0.458 e. The maximum atomic E-state index is 7.44. The Kier molecular flexibility index (Phi) is 13.7. The van der Waals surface area contributed by atoms with Crippen LogP contribution in [0.25, 0.3) is 33.4 Å². The van der Waals surface area contributed by atoms with Crippen molar-refractivity contribution in [1.82, 2.24) is 0 Å². The van der Waals surface area contributed by atoms with Gasteiger partial charge in [-0.05, 0) is 153 Å². The first-order valence-electron chi connectivity index (χ1n) is 33.7. The Morgan fingerprint density at radius 2 is 0.633 bits per heavy atom. The summed E-state index contributed by atoms with van der Waals surface area (Å²) in [5.41, 5.74) is 29.7. The summed E-state index contributed by atoms with van der Waals surface area (Å²) in [5, 5.41) is 0. The zero-order valence-corrected chi connectivity index (χ0v) is 53.5. The quantitative estimate of drug-likeness (QED) is 0.113. The minimum absolute atomic E-state index is 0.236. The summed E-state index contributed by atoms with van der Waals surface area (Å²) >= 11 is 0. The van der Waals surface area contributed by atoms with E-state index in [9.17, 15) is 0 Å². The van der Waals surface area contributed by atoms with Crippen LogP contribution in [0.5, 0.6) is 11.5 Å². The molecule has 0 N–H and O–H groups in total. The molecule has 0 amide bonds. The molecular formula is C90H61B2N5O. The molecule has 0 saturated heterocycles. The molecule has 6 nitrogen and oxygen atoms in total. The van der Waals surface area contributed by atoms with Crippen LogP contribution in [0.3, 0.4) is 0 Å². The number of benzene rings is 15. The smallest absolute Gasteiger partial charge is 0.256 e. The van der Waals surface area contributed by atoms with Gasteiger partial charge in [-0.25, -0.2) is 0 Å². The van der Waals surface area contributed by atoms with Crippen molar-refractivity contribution in [3.63, 3.8) is 0 Å². The van der Waals surface area contributed by atoms with Gasteiger partial charge in [0.25, 0.3) is 13.4 Å². The van der Waals surface area contributed by atoms with Crippen LogP contribution in [0.4, 0.5) is 85.3 Å². The first-order valence-corrected chi connectivity index (χ1v) is 33.7. The standard InChI is InChI=1S/C90H61B2N5O/c1-9-32-62(33-10-1)72-48-25-28-53-79(72)94(67-42-19-6-20-43-67)71-58-85-89-87(59-71)98-86-55-30-27-52-76(86)92(89)77-60-78-82(61-81(77)96(85)69-46-23-8-24-47-69)97(90-73(63-34-11-2-12-35-63)49-31-50-74(90)64-36-13-3-14-37-64)84-57-70(93(65-38-15-4-16-39-65)66-40-17-5-18-41-66)56-83-88(84)91(78)75-51-26-29-54-80(75)95(83)68-44-21-7-22-45-68/h1-61H. The van der Waals surface area contributed by atoms with Gasteiger partial charge in [0.2, 0.25) is 0 Å². The minimum atomic E-state index is -0.237. The summed E-state index contributed by atoms with van der Waals surface area (Å²) in [6, 6.07) is 136. The Morgan fingerprint density at radius 1 is 0.235 bits per heavy atom. The van der Waals surface area contributed by atoms with Gasteiger partial charge in [-0.1, -0.05) is 261 Å². The van der Waals surface area contributed by atoms with Gasteiger partial charge in [0.15, 0.2) is 0 Å². The summed E-state index contributed by atoms with van der Waals surface area (Å²) in [5.74, 6) is 1.66. The van der Waals surface area contributed by atoms with Crippen LogP contribution in [-0.2, 0) is 0 Å². The van der Waals surface area contributed by atoms with Crippen LogP contribution >= 0.6 is 0 Å². The van der Waals surface area contributed by atoms with Crippen molar-refractivity contribution in [3.05, 3.63) is 370 Å². The maximum absolute atomic E-state index is 7.44. The lowest BCUT2D eigenvalue weighted by atomic mass is 9.30. The molecule has 0 spiro atoms. The van der Waals surface area contributed by atoms with Crippen LogP contribution in [0.2, 0.25) is 0 Å². The van der Waals surface area contributed by atoms with Crippen molar-refractivity contribution in [2.75, 3.05) is 24.5 Å². The maximum Gasteiger partial charge on any atom is 0.256 e. The second kappa shape index (κ2) is 23.6. The van der Waals surface area contributed by atoms with Gasteiger partial charge in [-0.15, -0.1) is 0 Å². The topological polar surface area (TPSA) is 25.4 Å². The largest absolute Gasteiger partial charge is 0.458 e. The molecule has 15 aromatic rings. The molecule has 0 aliphatic carbocycles. The van der Waals surface area contributed by atoms with E-state index >= 15 is 0 Å². The number of hydrogen-bond acceptors (Lipinski definition) is 6. The molecule has 0 unspecified atom stereocenters. The molecule has 0 fully saturated rings. The lowest BCUT2D eigenvalue weighted by molar-refractivity contribution is 0.487. The van der Waals surface area contributed by atoms with Crippen LogP contribution in [0.1, 0.15) is 0 Å². The highest BCUT2D eigenvalue weighted by Gasteiger charge is 2.49.